The van der Waals surface area contributed by atoms with Gasteiger partial charge in [-0.25, -0.2) is 0 Å². The molecule has 0 amide bonds. The van der Waals surface area contributed by atoms with E-state index in [1.807, 2.05) is 7.05 Å². The van der Waals surface area contributed by atoms with Gasteiger partial charge in [-0.15, -0.1) is 0 Å². The Bertz CT molecular complexity index is 208. The van der Waals surface area contributed by atoms with E-state index < -0.39 is 0 Å². The number of para-hydroxylation sites is 1. The molecule has 0 fully saturated rings. The van der Waals surface area contributed by atoms with Crippen molar-refractivity contribution in [1.29, 1.82) is 0 Å². The van der Waals surface area contributed by atoms with Gasteiger partial charge in [0.25, 0.3) is 0 Å². The highest BCUT2D eigenvalue weighted by Crippen LogP contribution is 2.17. The molecule has 0 saturated carbocycles. The third-order valence-electron chi connectivity index (χ3n) is 1.66. The van der Waals surface area contributed by atoms with Crippen LogP contribution in [0.3, 0.4) is 0 Å². The van der Waals surface area contributed by atoms with Crippen LogP contribution in [0.15, 0.2) is 18.2 Å². The minimum Gasteiger partial charge on any atom is -0.288 e. The number of aryl methyl sites for hydroxylation is 2. The first-order chi connectivity index (χ1) is 4.75. The summed E-state index contributed by atoms with van der Waals surface area (Å²) in [5, 5.41) is 4.17. The van der Waals surface area contributed by atoms with Crippen molar-refractivity contribution < 1.29 is 0 Å². The second kappa shape index (κ2) is 2.74. The molecule has 0 heterocycles. The summed E-state index contributed by atoms with van der Waals surface area (Å²) in [6.45, 7) is 4.16. The van der Waals surface area contributed by atoms with Gasteiger partial charge in [-0.1, -0.05) is 18.2 Å². The zero-order valence-electron chi connectivity index (χ0n) is 6.68. The summed E-state index contributed by atoms with van der Waals surface area (Å²) in [6.07, 6.45) is 0. The van der Waals surface area contributed by atoms with Crippen molar-refractivity contribution in [3.63, 3.8) is 0 Å². The van der Waals surface area contributed by atoms with E-state index in [9.17, 15) is 0 Å². The maximum Gasteiger partial charge on any atom is 0.0629 e. The molecule has 1 aromatic carbocycles. The molecule has 53 valence electrons. The zero-order valence-corrected chi connectivity index (χ0v) is 6.68. The molecule has 0 aromatic heterocycles. The minimum atomic E-state index is 1.13. The van der Waals surface area contributed by atoms with Crippen LogP contribution in [0.4, 0.5) is 5.69 Å². The van der Waals surface area contributed by atoms with Crippen LogP contribution in [0.25, 0.3) is 0 Å². The van der Waals surface area contributed by atoms with Crippen molar-refractivity contribution in [3.8, 4) is 0 Å². The van der Waals surface area contributed by atoms with E-state index in [1.165, 1.54) is 11.1 Å². The summed E-state index contributed by atoms with van der Waals surface area (Å²) in [4.78, 5) is 0. The van der Waals surface area contributed by atoms with Gasteiger partial charge in [0.15, 0.2) is 0 Å². The first kappa shape index (κ1) is 7.13. The monoisotopic (exact) mass is 134 g/mol. The van der Waals surface area contributed by atoms with Crippen LogP contribution in [0.5, 0.6) is 0 Å². The number of nitrogens with zero attached hydrogens (tertiary/aromatic N) is 1. The van der Waals surface area contributed by atoms with E-state index in [1.54, 1.807) is 0 Å². The quantitative estimate of drug-likeness (QED) is 0.559. The molecule has 0 aliphatic rings. The van der Waals surface area contributed by atoms with E-state index in [2.05, 4.69) is 37.4 Å². The Balaban J connectivity index is 3.17. The van der Waals surface area contributed by atoms with Crippen LogP contribution >= 0.6 is 0 Å². The van der Waals surface area contributed by atoms with Crippen LogP contribution < -0.4 is 5.32 Å². The number of benzene rings is 1. The predicted octanol–water partition coefficient (Wildman–Crippen LogP) is 2.17. The molecule has 0 aliphatic heterocycles. The molecule has 1 radical (unpaired) electrons. The molecule has 1 rings (SSSR count). The molecule has 10 heavy (non-hydrogen) atoms. The number of hydrogen-bond acceptors (Lipinski definition) is 0. The summed E-state index contributed by atoms with van der Waals surface area (Å²) in [5.74, 6) is 0. The first-order valence-electron chi connectivity index (χ1n) is 3.41. The molecule has 1 nitrogen and oxygen atoms in total. The SMILES string of the molecule is C[N]c1c(C)cccc1C. The summed E-state index contributed by atoms with van der Waals surface area (Å²) < 4.78 is 0. The maximum atomic E-state index is 4.17. The van der Waals surface area contributed by atoms with Crippen molar-refractivity contribution >= 4 is 5.69 Å². The van der Waals surface area contributed by atoms with E-state index in [0.29, 0.717) is 0 Å². The standard InChI is InChI=1S/C9H12N/c1-7-5-4-6-8(2)9(7)10-3/h4-6H,1-3H3. The van der Waals surface area contributed by atoms with Gasteiger partial charge in [0, 0.05) is 7.05 Å². The molecular formula is C9H12N. The lowest BCUT2D eigenvalue weighted by molar-refractivity contribution is 1.05. The molecule has 0 aliphatic carbocycles. The van der Waals surface area contributed by atoms with E-state index >= 15 is 0 Å². The molecule has 0 N–H and O–H groups in total. The van der Waals surface area contributed by atoms with E-state index in [-0.39, 0.29) is 0 Å². The number of hydrogen-bond donors (Lipinski definition) is 0. The van der Waals surface area contributed by atoms with E-state index in [0.717, 1.165) is 5.69 Å². The molecule has 0 unspecified atom stereocenters. The zero-order chi connectivity index (χ0) is 7.56. The third-order valence-corrected chi connectivity index (χ3v) is 1.66. The Morgan fingerprint density at radius 2 is 1.60 bits per heavy atom. The molecule has 1 heteroatoms. The average Bonchev–Trinajstić information content (AvgIpc) is 1.88. The van der Waals surface area contributed by atoms with Gasteiger partial charge in [-0.05, 0) is 25.0 Å². The van der Waals surface area contributed by atoms with Crippen molar-refractivity contribution in [2.75, 3.05) is 7.05 Å². The Labute approximate surface area is 62.1 Å². The predicted molar refractivity (Wildman–Crippen MR) is 43.6 cm³/mol. The smallest absolute Gasteiger partial charge is 0.0629 e. The minimum absolute atomic E-state index is 1.13. The van der Waals surface area contributed by atoms with Crippen molar-refractivity contribution in [2.24, 2.45) is 0 Å². The van der Waals surface area contributed by atoms with Gasteiger partial charge in [-0.3, -0.25) is 5.32 Å². The average molecular weight is 134 g/mol. The van der Waals surface area contributed by atoms with Crippen LogP contribution in [0.1, 0.15) is 11.1 Å². The Kier molecular flexibility index (Phi) is 1.95. The van der Waals surface area contributed by atoms with Crippen LogP contribution in [0, 0.1) is 13.8 Å². The van der Waals surface area contributed by atoms with Gasteiger partial charge >= 0.3 is 0 Å². The topological polar surface area (TPSA) is 14.1 Å². The fraction of sp³-hybridized carbons (Fsp3) is 0.333. The summed E-state index contributed by atoms with van der Waals surface area (Å²) in [7, 11) is 1.83. The lowest BCUT2D eigenvalue weighted by atomic mass is 10.1. The van der Waals surface area contributed by atoms with Crippen LogP contribution in [0.2, 0.25) is 0 Å². The highest BCUT2D eigenvalue weighted by molar-refractivity contribution is 5.50. The Hall–Kier alpha value is -0.980. The van der Waals surface area contributed by atoms with Gasteiger partial charge < -0.3 is 0 Å². The van der Waals surface area contributed by atoms with Gasteiger partial charge in [0.2, 0.25) is 0 Å². The lowest BCUT2D eigenvalue weighted by Crippen LogP contribution is -1.92. The first-order valence-corrected chi connectivity index (χ1v) is 3.41. The third kappa shape index (κ3) is 1.13. The highest BCUT2D eigenvalue weighted by Gasteiger charge is 1.97. The second-order valence-electron chi connectivity index (χ2n) is 2.46. The normalized spacial score (nSPS) is 9.50. The molecule has 0 atom stereocenters. The molecule has 0 bridgehead atoms. The lowest BCUT2D eigenvalue weighted by Gasteiger charge is -2.04. The van der Waals surface area contributed by atoms with Crippen molar-refractivity contribution in [1.82, 2.24) is 5.32 Å². The summed E-state index contributed by atoms with van der Waals surface area (Å²) in [6, 6.07) is 6.21. The fourth-order valence-electron chi connectivity index (χ4n) is 1.16. The van der Waals surface area contributed by atoms with Crippen LogP contribution in [-0.4, -0.2) is 7.05 Å². The molecule has 0 spiro atoms. The van der Waals surface area contributed by atoms with Crippen molar-refractivity contribution in [3.05, 3.63) is 29.3 Å². The Morgan fingerprint density at radius 3 is 1.90 bits per heavy atom. The van der Waals surface area contributed by atoms with E-state index in [4.69, 9.17) is 0 Å². The van der Waals surface area contributed by atoms with Gasteiger partial charge in [0.05, 0.1) is 5.69 Å². The second-order valence-corrected chi connectivity index (χ2v) is 2.46. The maximum absolute atomic E-state index is 4.17. The summed E-state index contributed by atoms with van der Waals surface area (Å²) >= 11 is 0. The molecule has 1 aromatic rings. The van der Waals surface area contributed by atoms with Crippen LogP contribution in [-0.2, 0) is 0 Å². The molecule has 0 saturated heterocycles. The van der Waals surface area contributed by atoms with Crippen molar-refractivity contribution in [2.45, 2.75) is 13.8 Å². The fourth-order valence-corrected chi connectivity index (χ4v) is 1.16. The number of rotatable bonds is 1. The highest BCUT2D eigenvalue weighted by atomic mass is 14.8. The van der Waals surface area contributed by atoms with Gasteiger partial charge in [0.1, 0.15) is 0 Å². The summed E-state index contributed by atoms with van der Waals surface area (Å²) in [5.41, 5.74) is 3.63. The molecular weight excluding hydrogens is 122 g/mol. The Morgan fingerprint density at radius 1 is 1.10 bits per heavy atom. The largest absolute Gasteiger partial charge is 0.288 e. The van der Waals surface area contributed by atoms with Gasteiger partial charge in [-0.2, -0.15) is 0 Å².